The summed E-state index contributed by atoms with van der Waals surface area (Å²) >= 11 is 0. The van der Waals surface area contributed by atoms with Crippen molar-refractivity contribution >= 4 is 11.6 Å². The van der Waals surface area contributed by atoms with Gasteiger partial charge in [0.15, 0.2) is 0 Å². The smallest absolute Gasteiger partial charge is 0.137 e. The molecule has 0 amide bonds. The molecule has 0 aromatic carbocycles. The van der Waals surface area contributed by atoms with Crippen molar-refractivity contribution in [2.24, 2.45) is 0 Å². The van der Waals surface area contributed by atoms with E-state index in [2.05, 4.69) is 15.3 Å². The van der Waals surface area contributed by atoms with Crippen LogP contribution < -0.4 is 10.2 Å². The van der Waals surface area contributed by atoms with Crippen LogP contribution in [0.2, 0.25) is 0 Å². The minimum atomic E-state index is 0.0513. The third-order valence-corrected chi connectivity index (χ3v) is 3.58. The maximum absolute atomic E-state index is 9.27. The Labute approximate surface area is 108 Å². The zero-order chi connectivity index (χ0) is 13.3. The highest BCUT2D eigenvalue weighted by molar-refractivity contribution is 5.58. The first-order valence-corrected chi connectivity index (χ1v) is 6.48. The van der Waals surface area contributed by atoms with Crippen LogP contribution in [0.15, 0.2) is 0 Å². The van der Waals surface area contributed by atoms with Gasteiger partial charge >= 0.3 is 0 Å². The standard InChI is InChI=1S/C13H22N4O/c1-8(7-18)17(4)13-9(2)11(14-3)15-12(16-13)10-5-6-10/h8,10,18H,5-7H2,1-4H3,(H,14,15,16). The van der Waals surface area contributed by atoms with Crippen LogP contribution in [0.1, 0.15) is 37.1 Å². The molecular weight excluding hydrogens is 228 g/mol. The lowest BCUT2D eigenvalue weighted by Gasteiger charge is -2.27. The van der Waals surface area contributed by atoms with E-state index in [1.807, 2.05) is 32.8 Å². The molecule has 1 saturated carbocycles. The minimum absolute atomic E-state index is 0.0513. The lowest BCUT2D eigenvalue weighted by Crippen LogP contribution is -2.33. The minimum Gasteiger partial charge on any atom is -0.394 e. The van der Waals surface area contributed by atoms with E-state index >= 15 is 0 Å². The van der Waals surface area contributed by atoms with Gasteiger partial charge in [0.25, 0.3) is 0 Å². The number of hydrogen-bond acceptors (Lipinski definition) is 5. The number of anilines is 2. The maximum atomic E-state index is 9.27. The van der Waals surface area contributed by atoms with Gasteiger partial charge in [-0.05, 0) is 26.7 Å². The highest BCUT2D eigenvalue weighted by Crippen LogP contribution is 2.40. The monoisotopic (exact) mass is 250 g/mol. The molecule has 1 atom stereocenters. The normalized spacial score (nSPS) is 16.5. The second kappa shape index (κ2) is 5.10. The van der Waals surface area contributed by atoms with Crippen LogP contribution in [-0.4, -0.2) is 41.8 Å². The van der Waals surface area contributed by atoms with E-state index in [4.69, 9.17) is 0 Å². The SMILES string of the molecule is CNc1nc(C2CC2)nc(N(C)C(C)CO)c1C. The van der Waals surface area contributed by atoms with E-state index in [9.17, 15) is 5.11 Å². The number of aromatic nitrogens is 2. The summed E-state index contributed by atoms with van der Waals surface area (Å²) in [5.74, 6) is 3.25. The fraction of sp³-hybridized carbons (Fsp3) is 0.692. The van der Waals surface area contributed by atoms with Crippen molar-refractivity contribution in [3.8, 4) is 0 Å². The summed E-state index contributed by atoms with van der Waals surface area (Å²) in [7, 11) is 3.84. The molecule has 0 aliphatic heterocycles. The topological polar surface area (TPSA) is 61.3 Å². The molecule has 0 radical (unpaired) electrons. The molecule has 1 unspecified atom stereocenters. The molecule has 5 heteroatoms. The summed E-state index contributed by atoms with van der Waals surface area (Å²) in [6, 6.07) is 0.0513. The summed E-state index contributed by atoms with van der Waals surface area (Å²) < 4.78 is 0. The molecule has 0 bridgehead atoms. The molecule has 5 nitrogen and oxygen atoms in total. The summed E-state index contributed by atoms with van der Waals surface area (Å²) in [5.41, 5.74) is 1.03. The Balaban J connectivity index is 2.40. The molecule has 1 aromatic rings. The van der Waals surface area contributed by atoms with Crippen LogP contribution in [0.4, 0.5) is 11.6 Å². The summed E-state index contributed by atoms with van der Waals surface area (Å²) in [5, 5.41) is 12.4. The Hall–Kier alpha value is -1.36. The fourth-order valence-electron chi connectivity index (χ4n) is 1.96. The third kappa shape index (κ3) is 2.41. The Kier molecular flexibility index (Phi) is 3.71. The van der Waals surface area contributed by atoms with E-state index in [0.717, 1.165) is 23.0 Å². The second-order valence-corrected chi connectivity index (χ2v) is 5.05. The Morgan fingerprint density at radius 3 is 2.61 bits per heavy atom. The van der Waals surface area contributed by atoms with Gasteiger partial charge in [-0.3, -0.25) is 0 Å². The maximum Gasteiger partial charge on any atom is 0.137 e. The molecule has 100 valence electrons. The molecule has 0 spiro atoms. The molecule has 2 rings (SSSR count). The van der Waals surface area contributed by atoms with Crippen molar-refractivity contribution in [2.75, 3.05) is 30.9 Å². The first-order chi connectivity index (χ1) is 8.58. The van der Waals surface area contributed by atoms with Gasteiger partial charge in [0.2, 0.25) is 0 Å². The fourth-order valence-corrected chi connectivity index (χ4v) is 1.96. The quantitative estimate of drug-likeness (QED) is 0.829. The Bertz CT molecular complexity index is 431. The lowest BCUT2D eigenvalue weighted by atomic mass is 10.2. The number of nitrogens with one attached hydrogen (secondary N) is 1. The lowest BCUT2D eigenvalue weighted by molar-refractivity contribution is 0.269. The van der Waals surface area contributed by atoms with Gasteiger partial charge in [0.05, 0.1) is 12.6 Å². The zero-order valence-corrected chi connectivity index (χ0v) is 11.6. The molecule has 1 heterocycles. The number of rotatable bonds is 5. The van der Waals surface area contributed by atoms with E-state index in [1.165, 1.54) is 12.8 Å². The summed E-state index contributed by atoms with van der Waals surface area (Å²) in [6.45, 7) is 4.11. The highest BCUT2D eigenvalue weighted by atomic mass is 16.3. The largest absolute Gasteiger partial charge is 0.394 e. The van der Waals surface area contributed by atoms with Crippen molar-refractivity contribution in [3.63, 3.8) is 0 Å². The van der Waals surface area contributed by atoms with Crippen molar-refractivity contribution < 1.29 is 5.11 Å². The molecule has 18 heavy (non-hydrogen) atoms. The molecule has 1 fully saturated rings. The van der Waals surface area contributed by atoms with Crippen LogP contribution in [0, 0.1) is 6.92 Å². The zero-order valence-electron chi connectivity index (χ0n) is 11.6. The van der Waals surface area contributed by atoms with Crippen LogP contribution in [-0.2, 0) is 0 Å². The van der Waals surface area contributed by atoms with E-state index in [0.29, 0.717) is 5.92 Å². The number of hydrogen-bond donors (Lipinski definition) is 2. The third-order valence-electron chi connectivity index (χ3n) is 3.58. The van der Waals surface area contributed by atoms with E-state index < -0.39 is 0 Å². The van der Waals surface area contributed by atoms with Gasteiger partial charge in [-0.1, -0.05) is 0 Å². The van der Waals surface area contributed by atoms with Gasteiger partial charge in [-0.25, -0.2) is 9.97 Å². The van der Waals surface area contributed by atoms with Crippen molar-refractivity contribution in [1.82, 2.24) is 9.97 Å². The number of aliphatic hydroxyl groups excluding tert-OH is 1. The van der Waals surface area contributed by atoms with Crippen molar-refractivity contribution in [2.45, 2.75) is 38.6 Å². The summed E-state index contributed by atoms with van der Waals surface area (Å²) in [4.78, 5) is 11.3. The predicted molar refractivity (Wildman–Crippen MR) is 73.2 cm³/mol. The number of likely N-dealkylation sites (N-methyl/N-ethyl adjacent to an activating group) is 1. The van der Waals surface area contributed by atoms with Crippen LogP contribution in [0.25, 0.3) is 0 Å². The number of nitrogens with zero attached hydrogens (tertiary/aromatic N) is 3. The number of aliphatic hydroxyl groups is 1. The summed E-state index contributed by atoms with van der Waals surface area (Å²) in [6.07, 6.45) is 2.37. The van der Waals surface area contributed by atoms with E-state index in [-0.39, 0.29) is 12.6 Å². The van der Waals surface area contributed by atoms with Gasteiger partial charge < -0.3 is 15.3 Å². The van der Waals surface area contributed by atoms with Gasteiger partial charge in [0.1, 0.15) is 17.5 Å². The van der Waals surface area contributed by atoms with Crippen molar-refractivity contribution in [1.29, 1.82) is 0 Å². The van der Waals surface area contributed by atoms with Gasteiger partial charge in [-0.2, -0.15) is 0 Å². The first kappa shape index (κ1) is 13.1. The molecule has 1 aromatic heterocycles. The molecular formula is C13H22N4O. The Morgan fingerprint density at radius 2 is 2.11 bits per heavy atom. The van der Waals surface area contributed by atoms with Gasteiger partial charge in [0, 0.05) is 25.6 Å². The van der Waals surface area contributed by atoms with E-state index in [1.54, 1.807) is 0 Å². The van der Waals surface area contributed by atoms with Crippen LogP contribution in [0.5, 0.6) is 0 Å². The molecule has 2 N–H and O–H groups in total. The Morgan fingerprint density at radius 1 is 1.44 bits per heavy atom. The average molecular weight is 250 g/mol. The van der Waals surface area contributed by atoms with Gasteiger partial charge in [-0.15, -0.1) is 0 Å². The first-order valence-electron chi connectivity index (χ1n) is 6.48. The van der Waals surface area contributed by atoms with Crippen molar-refractivity contribution in [3.05, 3.63) is 11.4 Å². The second-order valence-electron chi connectivity index (χ2n) is 5.05. The predicted octanol–water partition coefficient (Wildman–Crippen LogP) is 1.52. The molecule has 0 saturated heterocycles. The van der Waals surface area contributed by atoms with Crippen LogP contribution in [0.3, 0.4) is 0 Å². The average Bonchev–Trinajstić information content (AvgIpc) is 3.21. The highest BCUT2D eigenvalue weighted by Gasteiger charge is 2.29. The molecule has 1 aliphatic carbocycles. The van der Waals surface area contributed by atoms with Crippen LogP contribution >= 0.6 is 0 Å². The molecule has 1 aliphatic rings.